The monoisotopic (exact) mass is 267 g/mol. The topological polar surface area (TPSA) is 89.4 Å². The highest BCUT2D eigenvalue weighted by Crippen LogP contribution is 2.30. The molecular formula is C14H25N3O2. The number of hydrogen-bond donors (Lipinski definition) is 2. The van der Waals surface area contributed by atoms with Crippen LogP contribution in [-0.2, 0) is 9.59 Å². The normalized spacial score (nSPS) is 33.2. The minimum Gasteiger partial charge on any atom is -0.369 e. The maximum Gasteiger partial charge on any atom is 0.225 e. The largest absolute Gasteiger partial charge is 0.369 e. The van der Waals surface area contributed by atoms with E-state index in [4.69, 9.17) is 11.5 Å². The number of carbonyl (C=O) groups excluding carboxylic acids is 2. The Balaban J connectivity index is 1.88. The SMILES string of the molecule is CC1CC(N)CC(C(=O)N2CCC(C(N)=O)CC2)C1. The zero-order chi connectivity index (χ0) is 14.0. The molecule has 2 aliphatic rings. The number of carbonyl (C=O) groups is 2. The van der Waals surface area contributed by atoms with E-state index >= 15 is 0 Å². The van der Waals surface area contributed by atoms with Crippen molar-refractivity contribution in [2.45, 2.75) is 45.1 Å². The first-order valence-corrected chi connectivity index (χ1v) is 7.31. The lowest BCUT2D eigenvalue weighted by Gasteiger charge is -2.37. The minimum absolute atomic E-state index is 0.0587. The van der Waals surface area contributed by atoms with Crippen LogP contribution in [-0.4, -0.2) is 35.8 Å². The number of hydrogen-bond acceptors (Lipinski definition) is 3. The molecule has 3 unspecified atom stereocenters. The summed E-state index contributed by atoms with van der Waals surface area (Å²) in [6.45, 7) is 3.48. The first kappa shape index (κ1) is 14.3. The van der Waals surface area contributed by atoms with Gasteiger partial charge in [-0.3, -0.25) is 9.59 Å². The van der Waals surface area contributed by atoms with Crippen molar-refractivity contribution in [3.05, 3.63) is 0 Å². The summed E-state index contributed by atoms with van der Waals surface area (Å²) < 4.78 is 0. The smallest absolute Gasteiger partial charge is 0.225 e. The lowest BCUT2D eigenvalue weighted by molar-refractivity contribution is -0.140. The molecule has 4 N–H and O–H groups in total. The van der Waals surface area contributed by atoms with Gasteiger partial charge in [-0.05, 0) is 38.0 Å². The van der Waals surface area contributed by atoms with Gasteiger partial charge in [0.1, 0.15) is 0 Å². The molecule has 1 aliphatic carbocycles. The summed E-state index contributed by atoms with van der Waals surface area (Å²) in [5.41, 5.74) is 11.3. The standard InChI is InChI=1S/C14H25N3O2/c1-9-6-11(8-12(15)7-9)14(19)17-4-2-10(3-5-17)13(16)18/h9-12H,2-8,15H2,1H3,(H2,16,18). The van der Waals surface area contributed by atoms with E-state index in [-0.39, 0.29) is 29.7 Å². The Morgan fingerprint density at radius 1 is 1.05 bits per heavy atom. The third-order valence-electron chi connectivity index (χ3n) is 4.54. The van der Waals surface area contributed by atoms with Crippen LogP contribution in [0.1, 0.15) is 39.0 Å². The molecule has 5 heteroatoms. The highest BCUT2D eigenvalue weighted by molar-refractivity contribution is 5.80. The number of nitrogens with zero attached hydrogens (tertiary/aromatic N) is 1. The molecule has 0 aromatic heterocycles. The van der Waals surface area contributed by atoms with Crippen LogP contribution in [0.15, 0.2) is 0 Å². The fraction of sp³-hybridized carbons (Fsp3) is 0.857. The fourth-order valence-electron chi connectivity index (χ4n) is 3.50. The predicted molar refractivity (Wildman–Crippen MR) is 73.0 cm³/mol. The second kappa shape index (κ2) is 5.90. The van der Waals surface area contributed by atoms with Gasteiger partial charge in [-0.2, -0.15) is 0 Å². The average molecular weight is 267 g/mol. The number of likely N-dealkylation sites (tertiary alicyclic amines) is 1. The van der Waals surface area contributed by atoms with Crippen LogP contribution in [0.4, 0.5) is 0 Å². The van der Waals surface area contributed by atoms with Gasteiger partial charge in [-0.15, -0.1) is 0 Å². The van der Waals surface area contributed by atoms with Gasteiger partial charge in [0.25, 0.3) is 0 Å². The maximum atomic E-state index is 12.5. The quantitative estimate of drug-likeness (QED) is 0.762. The van der Waals surface area contributed by atoms with E-state index < -0.39 is 0 Å². The Hall–Kier alpha value is -1.10. The summed E-state index contributed by atoms with van der Waals surface area (Å²) in [7, 11) is 0. The molecule has 3 atom stereocenters. The fourth-order valence-corrected chi connectivity index (χ4v) is 3.50. The lowest BCUT2D eigenvalue weighted by atomic mass is 9.79. The van der Waals surface area contributed by atoms with Crippen LogP contribution in [0, 0.1) is 17.8 Å². The van der Waals surface area contributed by atoms with E-state index in [1.54, 1.807) is 0 Å². The van der Waals surface area contributed by atoms with Gasteiger partial charge < -0.3 is 16.4 Å². The Morgan fingerprint density at radius 3 is 2.21 bits per heavy atom. The van der Waals surface area contributed by atoms with Gasteiger partial charge in [-0.1, -0.05) is 6.92 Å². The van der Waals surface area contributed by atoms with E-state index in [2.05, 4.69) is 6.92 Å². The Kier molecular flexibility index (Phi) is 4.45. The number of nitrogens with two attached hydrogens (primary N) is 2. The molecule has 1 heterocycles. The van der Waals surface area contributed by atoms with Crippen molar-refractivity contribution in [2.24, 2.45) is 29.2 Å². The summed E-state index contributed by atoms with van der Waals surface area (Å²) in [4.78, 5) is 25.5. The Labute approximate surface area is 114 Å². The van der Waals surface area contributed by atoms with Gasteiger partial charge in [0.15, 0.2) is 0 Å². The highest BCUT2D eigenvalue weighted by atomic mass is 16.2. The second-order valence-electron chi connectivity index (χ2n) is 6.27. The van der Waals surface area contributed by atoms with E-state index in [1.165, 1.54) is 0 Å². The third kappa shape index (κ3) is 3.47. The van der Waals surface area contributed by atoms with E-state index in [1.807, 2.05) is 4.90 Å². The Morgan fingerprint density at radius 2 is 1.68 bits per heavy atom. The molecule has 2 rings (SSSR count). The number of amides is 2. The summed E-state index contributed by atoms with van der Waals surface area (Å²) >= 11 is 0. The Bertz CT molecular complexity index is 341. The van der Waals surface area contributed by atoms with Crippen LogP contribution >= 0.6 is 0 Å². The van der Waals surface area contributed by atoms with E-state index in [0.29, 0.717) is 31.8 Å². The zero-order valence-corrected chi connectivity index (χ0v) is 11.7. The van der Waals surface area contributed by atoms with E-state index in [0.717, 1.165) is 19.3 Å². The van der Waals surface area contributed by atoms with E-state index in [9.17, 15) is 9.59 Å². The summed E-state index contributed by atoms with van der Waals surface area (Å²) in [6, 6.07) is 0.154. The second-order valence-corrected chi connectivity index (χ2v) is 6.27. The zero-order valence-electron chi connectivity index (χ0n) is 11.7. The van der Waals surface area contributed by atoms with Gasteiger partial charge in [0.2, 0.25) is 11.8 Å². The van der Waals surface area contributed by atoms with Gasteiger partial charge in [-0.25, -0.2) is 0 Å². The van der Waals surface area contributed by atoms with Crippen molar-refractivity contribution >= 4 is 11.8 Å². The van der Waals surface area contributed by atoms with Crippen molar-refractivity contribution in [1.29, 1.82) is 0 Å². The number of rotatable bonds is 2. The van der Waals surface area contributed by atoms with Crippen LogP contribution in [0.3, 0.4) is 0 Å². The molecule has 108 valence electrons. The molecule has 0 bridgehead atoms. The first-order valence-electron chi connectivity index (χ1n) is 7.31. The summed E-state index contributed by atoms with van der Waals surface area (Å²) in [5.74, 6) is 0.534. The molecule has 2 amide bonds. The van der Waals surface area contributed by atoms with Crippen molar-refractivity contribution in [3.63, 3.8) is 0 Å². The summed E-state index contributed by atoms with van der Waals surface area (Å²) in [5, 5.41) is 0. The molecule has 19 heavy (non-hydrogen) atoms. The average Bonchev–Trinajstić information content (AvgIpc) is 2.37. The molecule has 0 radical (unpaired) electrons. The van der Waals surface area contributed by atoms with Crippen LogP contribution in [0.5, 0.6) is 0 Å². The van der Waals surface area contributed by atoms with Gasteiger partial charge >= 0.3 is 0 Å². The number of primary amides is 1. The van der Waals surface area contributed by atoms with Gasteiger partial charge in [0.05, 0.1) is 0 Å². The molecule has 2 fully saturated rings. The molecule has 0 spiro atoms. The molecule has 5 nitrogen and oxygen atoms in total. The van der Waals surface area contributed by atoms with Crippen molar-refractivity contribution in [2.75, 3.05) is 13.1 Å². The van der Waals surface area contributed by atoms with Crippen LogP contribution in [0.2, 0.25) is 0 Å². The maximum absolute atomic E-state index is 12.5. The summed E-state index contributed by atoms with van der Waals surface area (Å²) in [6.07, 6.45) is 4.18. The van der Waals surface area contributed by atoms with Crippen molar-refractivity contribution < 1.29 is 9.59 Å². The van der Waals surface area contributed by atoms with Gasteiger partial charge in [0, 0.05) is 31.0 Å². The van der Waals surface area contributed by atoms with Crippen molar-refractivity contribution in [3.8, 4) is 0 Å². The molecule has 0 aromatic rings. The lowest BCUT2D eigenvalue weighted by Crippen LogP contribution is -2.46. The minimum atomic E-state index is -0.236. The molecule has 1 saturated heterocycles. The number of piperidine rings is 1. The molecule has 1 aliphatic heterocycles. The predicted octanol–water partition coefficient (Wildman–Crippen LogP) is 0.474. The molecule has 1 saturated carbocycles. The highest BCUT2D eigenvalue weighted by Gasteiger charge is 2.34. The molecular weight excluding hydrogens is 242 g/mol. The first-order chi connectivity index (χ1) is 8.97. The molecule has 0 aromatic carbocycles. The van der Waals surface area contributed by atoms with Crippen LogP contribution in [0.25, 0.3) is 0 Å². The van der Waals surface area contributed by atoms with Crippen LogP contribution < -0.4 is 11.5 Å². The van der Waals surface area contributed by atoms with Crippen molar-refractivity contribution in [1.82, 2.24) is 4.90 Å². The third-order valence-corrected chi connectivity index (χ3v) is 4.54.